The van der Waals surface area contributed by atoms with Gasteiger partial charge >= 0.3 is 0 Å². The number of nitrogens with zero attached hydrogens (tertiary/aromatic N) is 3. The average Bonchev–Trinajstić information content (AvgIpc) is 2.78. The number of hydrogen-bond donors (Lipinski definition) is 1. The van der Waals surface area contributed by atoms with E-state index < -0.39 is 0 Å². The molecule has 0 amide bonds. The van der Waals surface area contributed by atoms with E-state index in [9.17, 15) is 0 Å². The fourth-order valence-electron chi connectivity index (χ4n) is 1.65. The SMILES string of the molecule is NCCCCc1cn(-c2ccc(I)cc2Cl)nn1. The minimum atomic E-state index is 0.681. The Labute approximate surface area is 125 Å². The fraction of sp³-hybridized carbons (Fsp3) is 0.333. The molecule has 0 aliphatic rings. The lowest BCUT2D eigenvalue weighted by Gasteiger charge is -2.03. The molecule has 2 aromatic rings. The summed E-state index contributed by atoms with van der Waals surface area (Å²) in [6.45, 7) is 0.719. The van der Waals surface area contributed by atoms with Gasteiger partial charge in [0.2, 0.25) is 0 Å². The third kappa shape index (κ3) is 3.43. The highest BCUT2D eigenvalue weighted by Gasteiger charge is 2.06. The second-order valence-electron chi connectivity index (χ2n) is 4.00. The van der Waals surface area contributed by atoms with E-state index in [1.54, 1.807) is 4.68 Å². The van der Waals surface area contributed by atoms with Gasteiger partial charge in [-0.2, -0.15) is 0 Å². The van der Waals surface area contributed by atoms with Gasteiger partial charge < -0.3 is 5.73 Å². The summed E-state index contributed by atoms with van der Waals surface area (Å²) in [5, 5.41) is 8.92. The first-order chi connectivity index (χ1) is 8.70. The number of benzene rings is 1. The van der Waals surface area contributed by atoms with E-state index in [0.717, 1.165) is 40.8 Å². The molecule has 2 rings (SSSR count). The van der Waals surface area contributed by atoms with Crippen LogP contribution >= 0.6 is 34.2 Å². The average molecular weight is 377 g/mol. The van der Waals surface area contributed by atoms with Crippen molar-refractivity contribution in [2.45, 2.75) is 19.3 Å². The van der Waals surface area contributed by atoms with E-state index in [2.05, 4.69) is 32.9 Å². The van der Waals surface area contributed by atoms with Crippen LogP contribution in [0.25, 0.3) is 5.69 Å². The number of unbranched alkanes of at least 4 members (excludes halogenated alkanes) is 1. The van der Waals surface area contributed by atoms with Gasteiger partial charge in [-0.1, -0.05) is 16.8 Å². The topological polar surface area (TPSA) is 56.7 Å². The highest BCUT2D eigenvalue weighted by Crippen LogP contribution is 2.22. The van der Waals surface area contributed by atoms with Crippen molar-refractivity contribution in [3.05, 3.63) is 38.7 Å². The van der Waals surface area contributed by atoms with Crippen LogP contribution in [0.5, 0.6) is 0 Å². The van der Waals surface area contributed by atoms with E-state index in [4.69, 9.17) is 17.3 Å². The van der Waals surface area contributed by atoms with Gasteiger partial charge in [-0.05, 0) is 66.6 Å². The Kier molecular flexibility index (Phi) is 4.96. The van der Waals surface area contributed by atoms with Gasteiger partial charge in [-0.15, -0.1) is 5.10 Å². The van der Waals surface area contributed by atoms with Crippen LogP contribution in [0.1, 0.15) is 18.5 Å². The van der Waals surface area contributed by atoms with Crippen LogP contribution in [0, 0.1) is 3.57 Å². The molecule has 0 aliphatic carbocycles. The van der Waals surface area contributed by atoms with Crippen molar-refractivity contribution >= 4 is 34.2 Å². The molecule has 0 atom stereocenters. The maximum atomic E-state index is 6.19. The maximum absolute atomic E-state index is 6.19. The molecule has 0 aliphatic heterocycles. The van der Waals surface area contributed by atoms with Gasteiger partial charge in [0.05, 0.1) is 22.6 Å². The van der Waals surface area contributed by atoms with Crippen LogP contribution in [-0.4, -0.2) is 21.5 Å². The minimum Gasteiger partial charge on any atom is -0.330 e. The Morgan fingerprint density at radius 2 is 2.17 bits per heavy atom. The van der Waals surface area contributed by atoms with Crippen LogP contribution in [0.3, 0.4) is 0 Å². The van der Waals surface area contributed by atoms with Crippen LogP contribution in [0.2, 0.25) is 5.02 Å². The second kappa shape index (κ2) is 6.49. The first-order valence-electron chi connectivity index (χ1n) is 5.77. The number of aryl methyl sites for hydroxylation is 1. The Hall–Kier alpha value is -0.660. The molecule has 4 nitrogen and oxygen atoms in total. The third-order valence-corrected chi connectivity index (χ3v) is 3.56. The minimum absolute atomic E-state index is 0.681. The number of nitrogens with two attached hydrogens (primary N) is 1. The number of hydrogen-bond acceptors (Lipinski definition) is 3. The lowest BCUT2D eigenvalue weighted by atomic mass is 10.2. The molecule has 1 aromatic carbocycles. The first kappa shape index (κ1) is 13.8. The highest BCUT2D eigenvalue weighted by molar-refractivity contribution is 14.1. The lowest BCUT2D eigenvalue weighted by Crippen LogP contribution is -1.99. The molecule has 0 fully saturated rings. The van der Waals surface area contributed by atoms with Gasteiger partial charge in [0.1, 0.15) is 0 Å². The zero-order valence-electron chi connectivity index (χ0n) is 9.81. The van der Waals surface area contributed by atoms with E-state index in [-0.39, 0.29) is 0 Å². The molecule has 0 bridgehead atoms. The molecule has 96 valence electrons. The van der Waals surface area contributed by atoms with Gasteiger partial charge in [0.15, 0.2) is 0 Å². The van der Waals surface area contributed by atoms with E-state index >= 15 is 0 Å². The molecule has 0 spiro atoms. The fourth-order valence-corrected chi connectivity index (χ4v) is 2.59. The number of aromatic nitrogens is 3. The summed E-state index contributed by atoms with van der Waals surface area (Å²) in [5.74, 6) is 0. The quantitative estimate of drug-likeness (QED) is 0.645. The summed E-state index contributed by atoms with van der Waals surface area (Å²) in [5.41, 5.74) is 7.29. The summed E-state index contributed by atoms with van der Waals surface area (Å²) in [4.78, 5) is 0. The largest absolute Gasteiger partial charge is 0.330 e. The van der Waals surface area contributed by atoms with Crippen molar-refractivity contribution in [2.24, 2.45) is 5.73 Å². The molecule has 6 heteroatoms. The second-order valence-corrected chi connectivity index (χ2v) is 5.65. The Bertz CT molecular complexity index is 527. The van der Waals surface area contributed by atoms with Crippen LogP contribution in [0.15, 0.2) is 24.4 Å². The molecule has 0 saturated heterocycles. The van der Waals surface area contributed by atoms with Crippen molar-refractivity contribution < 1.29 is 0 Å². The smallest absolute Gasteiger partial charge is 0.0850 e. The first-order valence-corrected chi connectivity index (χ1v) is 7.23. The van der Waals surface area contributed by atoms with E-state index in [1.807, 2.05) is 24.4 Å². The Balaban J connectivity index is 2.13. The van der Waals surface area contributed by atoms with Crippen LogP contribution in [-0.2, 0) is 6.42 Å². The summed E-state index contributed by atoms with van der Waals surface area (Å²) in [6.07, 6.45) is 4.87. The van der Waals surface area contributed by atoms with Crippen LogP contribution < -0.4 is 5.73 Å². The van der Waals surface area contributed by atoms with Gasteiger partial charge in [-0.25, -0.2) is 4.68 Å². The zero-order chi connectivity index (χ0) is 13.0. The number of rotatable bonds is 5. The van der Waals surface area contributed by atoms with Crippen molar-refractivity contribution in [2.75, 3.05) is 6.54 Å². The summed E-state index contributed by atoms with van der Waals surface area (Å²) in [7, 11) is 0. The molecule has 0 saturated carbocycles. The molecule has 0 radical (unpaired) electrons. The van der Waals surface area contributed by atoms with Crippen molar-refractivity contribution in [1.29, 1.82) is 0 Å². The van der Waals surface area contributed by atoms with Gasteiger partial charge in [0, 0.05) is 3.57 Å². The number of halogens is 2. The summed E-state index contributed by atoms with van der Waals surface area (Å²) < 4.78 is 2.82. The predicted octanol–water partition coefficient (Wildman–Crippen LogP) is 2.81. The van der Waals surface area contributed by atoms with Gasteiger partial charge in [-0.3, -0.25) is 0 Å². The van der Waals surface area contributed by atoms with Crippen molar-refractivity contribution in [3.8, 4) is 5.69 Å². The van der Waals surface area contributed by atoms with E-state index in [0.29, 0.717) is 5.02 Å². The molecule has 0 unspecified atom stereocenters. The normalized spacial score (nSPS) is 10.8. The Morgan fingerprint density at radius 3 is 2.89 bits per heavy atom. The lowest BCUT2D eigenvalue weighted by molar-refractivity contribution is 0.727. The molecule has 1 aromatic heterocycles. The van der Waals surface area contributed by atoms with Crippen molar-refractivity contribution in [3.63, 3.8) is 0 Å². The zero-order valence-corrected chi connectivity index (χ0v) is 12.7. The summed E-state index contributed by atoms with van der Waals surface area (Å²) in [6, 6.07) is 5.85. The maximum Gasteiger partial charge on any atom is 0.0850 e. The monoisotopic (exact) mass is 376 g/mol. The predicted molar refractivity (Wildman–Crippen MR) is 81.1 cm³/mol. The highest BCUT2D eigenvalue weighted by atomic mass is 127. The molecular formula is C12H14ClIN4. The standard InChI is InChI=1S/C12H14ClIN4/c13-11-7-9(14)4-5-12(11)18-8-10(16-17-18)3-1-2-6-15/h4-5,7-8H,1-3,6,15H2. The molecule has 18 heavy (non-hydrogen) atoms. The molecule has 2 N–H and O–H groups in total. The molecule has 1 heterocycles. The third-order valence-electron chi connectivity index (χ3n) is 2.58. The van der Waals surface area contributed by atoms with E-state index in [1.165, 1.54) is 0 Å². The van der Waals surface area contributed by atoms with Crippen LogP contribution in [0.4, 0.5) is 0 Å². The Morgan fingerprint density at radius 1 is 1.33 bits per heavy atom. The molecular weight excluding hydrogens is 363 g/mol. The van der Waals surface area contributed by atoms with Crippen molar-refractivity contribution in [1.82, 2.24) is 15.0 Å². The summed E-state index contributed by atoms with van der Waals surface area (Å²) >= 11 is 8.42. The van der Waals surface area contributed by atoms with Gasteiger partial charge in [0.25, 0.3) is 0 Å².